The molecule has 0 atom stereocenters. The second-order valence-electron chi connectivity index (χ2n) is 2.52. The highest BCUT2D eigenvalue weighted by Crippen LogP contribution is 2.45. The van der Waals surface area contributed by atoms with Gasteiger partial charge in [0.05, 0.1) is 14.2 Å². The largest absolute Gasteiger partial charge is 0.345 e. The van der Waals surface area contributed by atoms with Crippen LogP contribution < -0.4 is 5.32 Å². The lowest BCUT2D eigenvalue weighted by atomic mass is 10.4. The van der Waals surface area contributed by atoms with E-state index in [-0.39, 0.29) is 0 Å². The van der Waals surface area contributed by atoms with E-state index in [9.17, 15) is 0 Å². The predicted molar refractivity (Wildman–Crippen MR) is 57.1 cm³/mol. The summed E-state index contributed by atoms with van der Waals surface area (Å²) in [4.78, 5) is 0.994. The van der Waals surface area contributed by atoms with Crippen molar-refractivity contribution in [2.45, 2.75) is 11.1 Å². The molecule has 1 aromatic rings. The zero-order chi connectivity index (χ0) is 9.42. The highest BCUT2D eigenvalue weighted by atomic mass is 35.5. The van der Waals surface area contributed by atoms with Gasteiger partial charge in [-0.1, -0.05) is 23.4 Å². The van der Waals surface area contributed by atoms with Crippen LogP contribution in [0.15, 0.2) is 20.9 Å². The molecule has 0 radical (unpaired) electrons. The molecule has 5 heteroatoms. The Morgan fingerprint density at radius 2 is 2.38 bits per heavy atom. The molecular formula is C8H5ClN2S2. The van der Waals surface area contributed by atoms with Crippen molar-refractivity contribution in [1.29, 1.82) is 5.26 Å². The second kappa shape index (κ2) is 3.26. The van der Waals surface area contributed by atoms with Gasteiger partial charge in [-0.2, -0.15) is 5.26 Å². The van der Waals surface area contributed by atoms with Gasteiger partial charge in [-0.05, 0) is 13.0 Å². The fourth-order valence-electron chi connectivity index (χ4n) is 1.03. The first-order valence-corrected chi connectivity index (χ1v) is 5.57. The van der Waals surface area contributed by atoms with E-state index in [0.29, 0.717) is 5.70 Å². The SMILES string of the molecule is CC1=C(C#N)Nc2cc(Cl)sc2S1. The Bertz CT molecular complexity index is 428. The van der Waals surface area contributed by atoms with Crippen molar-refractivity contribution in [3.8, 4) is 6.07 Å². The number of anilines is 1. The van der Waals surface area contributed by atoms with E-state index in [1.54, 1.807) is 11.8 Å². The Morgan fingerprint density at radius 1 is 1.62 bits per heavy atom. The first-order chi connectivity index (χ1) is 6.20. The van der Waals surface area contributed by atoms with Crippen molar-refractivity contribution in [1.82, 2.24) is 0 Å². The van der Waals surface area contributed by atoms with E-state index in [4.69, 9.17) is 16.9 Å². The molecule has 1 aliphatic rings. The van der Waals surface area contributed by atoms with Gasteiger partial charge in [0, 0.05) is 4.91 Å². The van der Waals surface area contributed by atoms with E-state index in [1.807, 2.05) is 13.0 Å². The molecule has 0 saturated carbocycles. The molecule has 2 heterocycles. The van der Waals surface area contributed by atoms with Crippen LogP contribution in [0.25, 0.3) is 0 Å². The Labute approximate surface area is 89.2 Å². The van der Waals surface area contributed by atoms with Crippen LogP contribution in [0.3, 0.4) is 0 Å². The summed E-state index contributed by atoms with van der Waals surface area (Å²) in [6, 6.07) is 3.96. The van der Waals surface area contributed by atoms with Crippen LogP contribution >= 0.6 is 34.7 Å². The molecule has 13 heavy (non-hydrogen) atoms. The van der Waals surface area contributed by atoms with Crippen molar-refractivity contribution < 1.29 is 0 Å². The fourth-order valence-corrected chi connectivity index (χ4v) is 3.59. The number of hydrogen-bond donors (Lipinski definition) is 1. The average molecular weight is 229 g/mol. The third kappa shape index (κ3) is 1.55. The number of nitrogens with one attached hydrogen (secondary N) is 1. The van der Waals surface area contributed by atoms with Crippen LogP contribution in [0.1, 0.15) is 6.92 Å². The van der Waals surface area contributed by atoms with Gasteiger partial charge in [-0.3, -0.25) is 0 Å². The monoisotopic (exact) mass is 228 g/mol. The number of allylic oxidation sites excluding steroid dienone is 2. The van der Waals surface area contributed by atoms with Crippen LogP contribution in [0.5, 0.6) is 0 Å². The number of thioether (sulfide) groups is 1. The molecule has 2 rings (SSSR count). The van der Waals surface area contributed by atoms with Gasteiger partial charge in [-0.25, -0.2) is 0 Å². The van der Waals surface area contributed by atoms with E-state index >= 15 is 0 Å². The van der Waals surface area contributed by atoms with Gasteiger partial charge >= 0.3 is 0 Å². The highest BCUT2D eigenvalue weighted by molar-refractivity contribution is 8.05. The van der Waals surface area contributed by atoms with Crippen LogP contribution in [-0.4, -0.2) is 0 Å². The number of thiophene rings is 1. The fraction of sp³-hybridized carbons (Fsp3) is 0.125. The second-order valence-corrected chi connectivity index (χ2v) is 5.69. The first-order valence-electron chi connectivity index (χ1n) is 3.56. The number of hydrogen-bond acceptors (Lipinski definition) is 4. The molecule has 0 unspecified atom stereocenters. The maximum Gasteiger partial charge on any atom is 0.127 e. The molecule has 0 aromatic carbocycles. The van der Waals surface area contributed by atoms with Crippen molar-refractivity contribution in [3.63, 3.8) is 0 Å². The predicted octanol–water partition coefficient (Wildman–Crippen LogP) is 3.67. The topological polar surface area (TPSA) is 35.8 Å². The molecule has 1 N–H and O–H groups in total. The van der Waals surface area contributed by atoms with Crippen LogP contribution in [-0.2, 0) is 0 Å². The Morgan fingerprint density at radius 3 is 3.08 bits per heavy atom. The number of halogens is 1. The van der Waals surface area contributed by atoms with Gasteiger partial charge < -0.3 is 5.32 Å². The summed E-state index contributed by atoms with van der Waals surface area (Å²) in [5, 5.41) is 11.8. The van der Waals surface area contributed by atoms with Crippen LogP contribution in [0, 0.1) is 11.3 Å². The van der Waals surface area contributed by atoms with Gasteiger partial charge in [0.25, 0.3) is 0 Å². The van der Waals surface area contributed by atoms with Crippen molar-refractivity contribution in [2.24, 2.45) is 0 Å². The van der Waals surface area contributed by atoms with E-state index in [0.717, 1.165) is 19.1 Å². The van der Waals surface area contributed by atoms with Crippen LogP contribution in [0.4, 0.5) is 5.69 Å². The molecule has 0 saturated heterocycles. The van der Waals surface area contributed by atoms with Gasteiger partial charge in [0.2, 0.25) is 0 Å². The van der Waals surface area contributed by atoms with Crippen LogP contribution in [0.2, 0.25) is 4.34 Å². The molecular weight excluding hydrogens is 224 g/mol. The van der Waals surface area contributed by atoms with Crippen molar-refractivity contribution in [3.05, 3.63) is 21.0 Å². The number of rotatable bonds is 0. The molecule has 0 bridgehead atoms. The van der Waals surface area contributed by atoms with Gasteiger partial charge in [0.15, 0.2) is 0 Å². The average Bonchev–Trinajstić information content (AvgIpc) is 2.42. The zero-order valence-corrected chi connectivity index (χ0v) is 9.11. The summed E-state index contributed by atoms with van der Waals surface area (Å²) in [5.41, 5.74) is 1.56. The molecule has 66 valence electrons. The number of nitriles is 1. The lowest BCUT2D eigenvalue weighted by Gasteiger charge is -2.13. The molecule has 0 amide bonds. The molecule has 0 fully saturated rings. The quantitative estimate of drug-likeness (QED) is 0.736. The lowest BCUT2D eigenvalue weighted by molar-refractivity contribution is 1.36. The van der Waals surface area contributed by atoms with E-state index in [1.165, 1.54) is 11.3 Å². The zero-order valence-electron chi connectivity index (χ0n) is 6.72. The first kappa shape index (κ1) is 8.95. The minimum atomic E-state index is 0.618. The summed E-state index contributed by atoms with van der Waals surface area (Å²) in [5.74, 6) is 0. The normalized spacial score (nSPS) is 14.8. The Kier molecular flexibility index (Phi) is 2.24. The summed E-state index contributed by atoms with van der Waals surface area (Å²) in [7, 11) is 0. The maximum atomic E-state index is 8.78. The van der Waals surface area contributed by atoms with E-state index in [2.05, 4.69) is 11.4 Å². The number of fused-ring (bicyclic) bond motifs is 1. The molecule has 1 aromatic heterocycles. The highest BCUT2D eigenvalue weighted by Gasteiger charge is 2.17. The smallest absolute Gasteiger partial charge is 0.127 e. The minimum absolute atomic E-state index is 0.618. The Hall–Kier alpha value is -0.630. The number of nitrogens with zero attached hydrogens (tertiary/aromatic N) is 1. The molecule has 0 aliphatic carbocycles. The summed E-state index contributed by atoms with van der Waals surface area (Å²) in [6.07, 6.45) is 0. The standard InChI is InChI=1S/C8H5ClN2S2/c1-4-6(3-10)11-5-2-7(9)13-8(5)12-4/h2,11H,1H3. The molecule has 2 nitrogen and oxygen atoms in total. The van der Waals surface area contributed by atoms with Crippen molar-refractivity contribution >= 4 is 40.4 Å². The minimum Gasteiger partial charge on any atom is -0.345 e. The third-order valence-electron chi connectivity index (χ3n) is 1.64. The van der Waals surface area contributed by atoms with Crippen molar-refractivity contribution in [2.75, 3.05) is 5.32 Å². The summed E-state index contributed by atoms with van der Waals surface area (Å²) in [6.45, 7) is 1.92. The molecule has 1 aliphatic heterocycles. The summed E-state index contributed by atoms with van der Waals surface area (Å²) >= 11 is 8.98. The van der Waals surface area contributed by atoms with Gasteiger partial charge in [0.1, 0.15) is 11.8 Å². The maximum absolute atomic E-state index is 8.78. The van der Waals surface area contributed by atoms with Gasteiger partial charge in [-0.15, -0.1) is 11.3 Å². The third-order valence-corrected chi connectivity index (χ3v) is 4.11. The van der Waals surface area contributed by atoms with E-state index < -0.39 is 0 Å². The molecule has 0 spiro atoms. The lowest BCUT2D eigenvalue weighted by Crippen LogP contribution is -2.02. The Balaban J connectivity index is 2.42. The summed E-state index contributed by atoms with van der Waals surface area (Å²) < 4.78 is 1.87.